The highest BCUT2D eigenvalue weighted by atomic mass is 16.3. The number of unbranched alkanes of at least 4 members (excludes halogenated alkanes) is 4. The van der Waals surface area contributed by atoms with Crippen molar-refractivity contribution in [1.29, 1.82) is 0 Å². The van der Waals surface area contributed by atoms with Gasteiger partial charge in [0.1, 0.15) is 11.5 Å². The molecule has 0 unspecified atom stereocenters. The molecule has 0 spiro atoms. The molecule has 2 N–H and O–H groups in total. The molecule has 4 aromatic carbocycles. The van der Waals surface area contributed by atoms with E-state index in [1.54, 1.807) is 24.3 Å². The fourth-order valence-corrected chi connectivity index (χ4v) is 4.96. The van der Waals surface area contributed by atoms with Crippen LogP contribution in [0.5, 0.6) is 11.5 Å². The molecule has 0 heterocycles. The third kappa shape index (κ3) is 8.25. The lowest BCUT2D eigenvalue weighted by Crippen LogP contribution is -1.99. The SMILES string of the molecule is CCCCCCCc1cc(-c2ccc(O)cc2)ccc1CCc1ccc(CCc2ccc(O)cc2)cc1. The van der Waals surface area contributed by atoms with E-state index in [9.17, 15) is 10.2 Å². The van der Waals surface area contributed by atoms with Crippen LogP contribution in [0.15, 0.2) is 91.0 Å². The monoisotopic (exact) mass is 492 g/mol. The summed E-state index contributed by atoms with van der Waals surface area (Å²) in [5.41, 5.74) is 9.28. The summed E-state index contributed by atoms with van der Waals surface area (Å²) in [6.07, 6.45) is 11.7. The third-order valence-electron chi connectivity index (χ3n) is 7.30. The largest absolute Gasteiger partial charge is 0.508 e. The second-order valence-electron chi connectivity index (χ2n) is 10.2. The number of phenols is 2. The molecule has 2 nitrogen and oxygen atoms in total. The van der Waals surface area contributed by atoms with Crippen molar-refractivity contribution in [2.45, 2.75) is 71.1 Å². The molecule has 0 aromatic heterocycles. The Labute approximate surface area is 222 Å². The molecule has 37 heavy (non-hydrogen) atoms. The average Bonchev–Trinajstić information content (AvgIpc) is 2.93. The molecule has 0 aliphatic heterocycles. The van der Waals surface area contributed by atoms with E-state index in [2.05, 4.69) is 49.4 Å². The summed E-state index contributed by atoms with van der Waals surface area (Å²) in [5, 5.41) is 19.1. The molecule has 0 aliphatic carbocycles. The van der Waals surface area contributed by atoms with Gasteiger partial charge in [0.2, 0.25) is 0 Å². The first-order valence-electron chi connectivity index (χ1n) is 13.9. The van der Waals surface area contributed by atoms with Gasteiger partial charge in [-0.05, 0) is 102 Å². The molecule has 4 rings (SSSR count). The van der Waals surface area contributed by atoms with Gasteiger partial charge in [-0.3, -0.25) is 0 Å². The van der Waals surface area contributed by atoms with E-state index >= 15 is 0 Å². The number of hydrogen-bond acceptors (Lipinski definition) is 2. The Morgan fingerprint density at radius 3 is 1.51 bits per heavy atom. The summed E-state index contributed by atoms with van der Waals surface area (Å²) in [6, 6.07) is 31.0. The summed E-state index contributed by atoms with van der Waals surface area (Å²) in [5.74, 6) is 0.630. The molecular weight excluding hydrogens is 452 g/mol. The fourth-order valence-electron chi connectivity index (χ4n) is 4.96. The Morgan fingerprint density at radius 1 is 0.432 bits per heavy atom. The quantitative estimate of drug-likeness (QED) is 0.183. The zero-order chi connectivity index (χ0) is 25.9. The summed E-state index contributed by atoms with van der Waals surface area (Å²) < 4.78 is 0. The van der Waals surface area contributed by atoms with E-state index in [1.807, 2.05) is 24.3 Å². The number of hydrogen-bond donors (Lipinski definition) is 2. The molecule has 0 atom stereocenters. The number of benzene rings is 4. The lowest BCUT2D eigenvalue weighted by molar-refractivity contribution is 0.474. The van der Waals surface area contributed by atoms with Gasteiger partial charge in [-0.15, -0.1) is 0 Å². The van der Waals surface area contributed by atoms with Crippen LogP contribution >= 0.6 is 0 Å². The minimum atomic E-state index is 0.308. The zero-order valence-corrected chi connectivity index (χ0v) is 22.1. The topological polar surface area (TPSA) is 40.5 Å². The molecule has 0 radical (unpaired) electrons. The average molecular weight is 493 g/mol. The molecule has 0 saturated heterocycles. The second kappa shape index (κ2) is 13.7. The minimum absolute atomic E-state index is 0.308. The first-order chi connectivity index (χ1) is 18.1. The Bertz CT molecular complexity index is 1220. The molecule has 0 fully saturated rings. The minimum Gasteiger partial charge on any atom is -0.508 e. The van der Waals surface area contributed by atoms with Crippen molar-refractivity contribution < 1.29 is 10.2 Å². The number of rotatable bonds is 13. The van der Waals surface area contributed by atoms with Gasteiger partial charge in [0, 0.05) is 0 Å². The van der Waals surface area contributed by atoms with Crippen LogP contribution in [0.3, 0.4) is 0 Å². The van der Waals surface area contributed by atoms with Gasteiger partial charge in [0.15, 0.2) is 0 Å². The van der Waals surface area contributed by atoms with Gasteiger partial charge in [-0.25, -0.2) is 0 Å². The van der Waals surface area contributed by atoms with Crippen molar-refractivity contribution in [3.8, 4) is 22.6 Å². The highest BCUT2D eigenvalue weighted by Crippen LogP contribution is 2.27. The van der Waals surface area contributed by atoms with Crippen LogP contribution in [0.2, 0.25) is 0 Å². The van der Waals surface area contributed by atoms with E-state index in [-0.39, 0.29) is 0 Å². The van der Waals surface area contributed by atoms with Crippen LogP contribution < -0.4 is 0 Å². The zero-order valence-electron chi connectivity index (χ0n) is 22.1. The van der Waals surface area contributed by atoms with Gasteiger partial charge in [0.05, 0.1) is 0 Å². The summed E-state index contributed by atoms with van der Waals surface area (Å²) in [4.78, 5) is 0. The maximum absolute atomic E-state index is 9.67. The van der Waals surface area contributed by atoms with Crippen molar-refractivity contribution in [3.63, 3.8) is 0 Å². The van der Waals surface area contributed by atoms with Crippen LogP contribution in [-0.2, 0) is 32.1 Å². The predicted molar refractivity (Wildman–Crippen MR) is 155 cm³/mol. The summed E-state index contributed by atoms with van der Waals surface area (Å²) in [7, 11) is 0. The van der Waals surface area contributed by atoms with Gasteiger partial charge in [-0.2, -0.15) is 0 Å². The number of aryl methyl sites for hydroxylation is 5. The smallest absolute Gasteiger partial charge is 0.115 e. The molecular formula is C35H40O2. The third-order valence-corrected chi connectivity index (χ3v) is 7.30. The van der Waals surface area contributed by atoms with Crippen molar-refractivity contribution in [2.24, 2.45) is 0 Å². The molecule has 2 heteroatoms. The number of aromatic hydroxyl groups is 2. The lowest BCUT2D eigenvalue weighted by Gasteiger charge is -2.13. The van der Waals surface area contributed by atoms with E-state index in [4.69, 9.17) is 0 Å². The molecule has 192 valence electrons. The van der Waals surface area contributed by atoms with Crippen molar-refractivity contribution in [3.05, 3.63) is 119 Å². The highest BCUT2D eigenvalue weighted by molar-refractivity contribution is 5.65. The van der Waals surface area contributed by atoms with Crippen LogP contribution in [-0.4, -0.2) is 10.2 Å². The first-order valence-corrected chi connectivity index (χ1v) is 13.9. The predicted octanol–water partition coefficient (Wildman–Crippen LogP) is 8.85. The molecule has 0 bridgehead atoms. The normalized spacial score (nSPS) is 11.1. The van der Waals surface area contributed by atoms with Crippen LogP contribution in [0, 0.1) is 0 Å². The molecule has 4 aromatic rings. The van der Waals surface area contributed by atoms with Crippen LogP contribution in [0.25, 0.3) is 11.1 Å². The van der Waals surface area contributed by atoms with Crippen molar-refractivity contribution in [1.82, 2.24) is 0 Å². The van der Waals surface area contributed by atoms with Gasteiger partial charge in [0.25, 0.3) is 0 Å². The van der Waals surface area contributed by atoms with Gasteiger partial charge < -0.3 is 10.2 Å². The van der Waals surface area contributed by atoms with E-state index in [0.29, 0.717) is 11.5 Å². The summed E-state index contributed by atoms with van der Waals surface area (Å²) >= 11 is 0. The Hall–Kier alpha value is -3.52. The summed E-state index contributed by atoms with van der Waals surface area (Å²) in [6.45, 7) is 2.27. The maximum atomic E-state index is 9.67. The standard InChI is InChI=1S/C35H40O2/c1-2-3-4-5-6-7-32-26-33(31-20-24-35(37)25-21-31)19-18-30(32)17-14-28-11-8-27(9-12-28)10-13-29-15-22-34(36)23-16-29/h8-9,11-12,15-16,18-26,36-37H,2-7,10,13-14,17H2,1H3. The second-order valence-corrected chi connectivity index (χ2v) is 10.2. The lowest BCUT2D eigenvalue weighted by atomic mass is 9.92. The Morgan fingerprint density at radius 2 is 0.919 bits per heavy atom. The molecule has 0 amide bonds. The van der Waals surface area contributed by atoms with E-state index in [1.165, 1.54) is 65.5 Å². The fraction of sp³-hybridized carbons (Fsp3) is 0.314. The van der Waals surface area contributed by atoms with Gasteiger partial charge in [-0.1, -0.05) is 99.3 Å². The number of phenolic OH excluding ortho intramolecular Hbond substituents is 2. The van der Waals surface area contributed by atoms with Crippen LogP contribution in [0.4, 0.5) is 0 Å². The van der Waals surface area contributed by atoms with Crippen molar-refractivity contribution >= 4 is 0 Å². The van der Waals surface area contributed by atoms with Crippen LogP contribution in [0.1, 0.15) is 66.8 Å². The van der Waals surface area contributed by atoms with E-state index < -0.39 is 0 Å². The molecule has 0 saturated carbocycles. The maximum Gasteiger partial charge on any atom is 0.115 e. The van der Waals surface area contributed by atoms with Gasteiger partial charge >= 0.3 is 0 Å². The Kier molecular flexibility index (Phi) is 9.82. The Balaban J connectivity index is 1.39. The highest BCUT2D eigenvalue weighted by Gasteiger charge is 2.08. The molecule has 0 aliphatic rings. The first kappa shape index (κ1) is 26.5. The van der Waals surface area contributed by atoms with Crippen molar-refractivity contribution in [2.75, 3.05) is 0 Å². The van der Waals surface area contributed by atoms with E-state index in [0.717, 1.165) is 37.7 Å².